The van der Waals surface area contributed by atoms with Crippen molar-refractivity contribution in [3.05, 3.63) is 57.8 Å². The summed E-state index contributed by atoms with van der Waals surface area (Å²) in [5.74, 6) is 0.207. The van der Waals surface area contributed by atoms with Crippen LogP contribution in [-0.4, -0.2) is 23.9 Å². The average Bonchev–Trinajstić information content (AvgIpc) is 2.62. The molecule has 2 aromatic carbocycles. The lowest BCUT2D eigenvalue weighted by atomic mass is 10.2. The molecule has 0 saturated carbocycles. The number of ether oxygens (including phenoxy) is 1. The lowest BCUT2D eigenvalue weighted by Crippen LogP contribution is -2.44. The van der Waals surface area contributed by atoms with Crippen LogP contribution in [0.25, 0.3) is 0 Å². The molecule has 0 heterocycles. The molecule has 0 saturated heterocycles. The third kappa shape index (κ3) is 6.73. The second kappa shape index (κ2) is 10.6. The van der Waals surface area contributed by atoms with Gasteiger partial charge in [0.25, 0.3) is 0 Å². The smallest absolute Gasteiger partial charge is 0.248 e. The molecule has 2 aromatic rings. The first-order valence-corrected chi connectivity index (χ1v) is 9.92. The van der Waals surface area contributed by atoms with Crippen molar-refractivity contribution in [3.8, 4) is 5.75 Å². The highest BCUT2D eigenvalue weighted by Crippen LogP contribution is 2.27. The van der Waals surface area contributed by atoms with Gasteiger partial charge in [0.2, 0.25) is 5.91 Å². The van der Waals surface area contributed by atoms with E-state index in [1.54, 1.807) is 24.3 Å². The number of hydrazine groups is 1. The Bertz CT molecular complexity index is 820. The van der Waals surface area contributed by atoms with Crippen LogP contribution in [0.1, 0.15) is 5.56 Å². The maximum absolute atomic E-state index is 13.7. The van der Waals surface area contributed by atoms with Crippen LogP contribution in [0.15, 0.2) is 36.4 Å². The Balaban J connectivity index is 1.77. The van der Waals surface area contributed by atoms with Gasteiger partial charge in [-0.25, -0.2) is 4.39 Å². The summed E-state index contributed by atoms with van der Waals surface area (Å²) in [6.07, 6.45) is 0. The van der Waals surface area contributed by atoms with Crippen LogP contribution in [0.2, 0.25) is 10.0 Å². The number of thioether (sulfide) groups is 1. The average molecular weight is 448 g/mol. The fourth-order valence-corrected chi connectivity index (χ4v) is 3.51. The largest absolute Gasteiger partial charge is 0.495 e. The zero-order valence-electron chi connectivity index (χ0n) is 14.1. The first-order chi connectivity index (χ1) is 12.9. The van der Waals surface area contributed by atoms with E-state index in [0.29, 0.717) is 27.0 Å². The first-order valence-electron chi connectivity index (χ1n) is 7.60. The predicted molar refractivity (Wildman–Crippen MR) is 113 cm³/mol. The lowest BCUT2D eigenvalue weighted by molar-refractivity contribution is -0.119. The van der Waals surface area contributed by atoms with Crippen molar-refractivity contribution < 1.29 is 13.9 Å². The van der Waals surface area contributed by atoms with Gasteiger partial charge in [0.1, 0.15) is 11.6 Å². The quantitative estimate of drug-likeness (QED) is 0.450. The van der Waals surface area contributed by atoms with Gasteiger partial charge in [-0.1, -0.05) is 29.3 Å². The van der Waals surface area contributed by atoms with E-state index in [4.69, 9.17) is 40.2 Å². The molecule has 0 bridgehead atoms. The summed E-state index contributed by atoms with van der Waals surface area (Å²) in [5.41, 5.74) is 5.96. The van der Waals surface area contributed by atoms with E-state index < -0.39 is 5.82 Å². The molecule has 0 unspecified atom stereocenters. The van der Waals surface area contributed by atoms with Crippen molar-refractivity contribution >= 4 is 63.9 Å². The Morgan fingerprint density at radius 3 is 2.74 bits per heavy atom. The van der Waals surface area contributed by atoms with Crippen molar-refractivity contribution in [2.45, 2.75) is 5.75 Å². The van der Waals surface area contributed by atoms with Crippen LogP contribution in [0, 0.1) is 5.82 Å². The summed E-state index contributed by atoms with van der Waals surface area (Å²) in [6.45, 7) is 0. The first kappa shape index (κ1) is 21.6. The molecule has 0 radical (unpaired) electrons. The maximum Gasteiger partial charge on any atom is 0.248 e. The number of carbonyl (C=O) groups is 1. The molecule has 5 nitrogen and oxygen atoms in total. The minimum atomic E-state index is -0.394. The van der Waals surface area contributed by atoms with Gasteiger partial charge in [0.05, 0.1) is 18.6 Å². The summed E-state index contributed by atoms with van der Waals surface area (Å²) >= 11 is 18.2. The van der Waals surface area contributed by atoms with Crippen molar-refractivity contribution in [2.75, 3.05) is 18.2 Å². The molecule has 3 N–H and O–H groups in total. The van der Waals surface area contributed by atoms with Gasteiger partial charge in [-0.05, 0) is 42.5 Å². The lowest BCUT2D eigenvalue weighted by Gasteiger charge is -2.14. The molecule has 0 aliphatic rings. The molecule has 0 atom stereocenters. The number of halogens is 3. The van der Waals surface area contributed by atoms with E-state index in [1.807, 2.05) is 0 Å². The number of amides is 1. The molecule has 144 valence electrons. The number of nitrogens with one attached hydrogen (secondary N) is 3. The van der Waals surface area contributed by atoms with Crippen LogP contribution < -0.4 is 20.9 Å². The van der Waals surface area contributed by atoms with Gasteiger partial charge in [0, 0.05) is 21.4 Å². The molecule has 0 fully saturated rings. The summed E-state index contributed by atoms with van der Waals surface area (Å²) in [4.78, 5) is 11.9. The molecule has 0 aliphatic carbocycles. The molecule has 0 aliphatic heterocycles. The number of carbonyl (C=O) groups excluding carboxylic acids is 1. The number of thiocarbonyl (C=S) groups is 1. The molecule has 0 aromatic heterocycles. The van der Waals surface area contributed by atoms with Gasteiger partial charge >= 0.3 is 0 Å². The number of hydrogen-bond donors (Lipinski definition) is 3. The van der Waals surface area contributed by atoms with E-state index in [-0.39, 0.29) is 22.5 Å². The van der Waals surface area contributed by atoms with Gasteiger partial charge < -0.3 is 10.1 Å². The Labute approximate surface area is 175 Å². The van der Waals surface area contributed by atoms with Gasteiger partial charge in [0.15, 0.2) is 5.11 Å². The fraction of sp³-hybridized carbons (Fsp3) is 0.176. The Hall–Kier alpha value is -1.74. The Kier molecular flexibility index (Phi) is 8.43. The summed E-state index contributed by atoms with van der Waals surface area (Å²) in [7, 11) is 1.52. The monoisotopic (exact) mass is 447 g/mol. The van der Waals surface area contributed by atoms with Crippen LogP contribution >= 0.6 is 47.2 Å². The molecule has 0 spiro atoms. The van der Waals surface area contributed by atoms with Crippen LogP contribution in [0.3, 0.4) is 0 Å². The molecule has 27 heavy (non-hydrogen) atoms. The highest BCUT2D eigenvalue weighted by atomic mass is 35.5. The number of rotatable bonds is 6. The highest BCUT2D eigenvalue weighted by Gasteiger charge is 2.10. The number of benzene rings is 2. The van der Waals surface area contributed by atoms with Gasteiger partial charge in [-0.2, -0.15) is 0 Å². The van der Waals surface area contributed by atoms with Crippen molar-refractivity contribution in [3.63, 3.8) is 0 Å². The Morgan fingerprint density at radius 2 is 2.04 bits per heavy atom. The minimum Gasteiger partial charge on any atom is -0.495 e. The van der Waals surface area contributed by atoms with Gasteiger partial charge in [-0.15, -0.1) is 11.8 Å². The zero-order valence-corrected chi connectivity index (χ0v) is 17.3. The SMILES string of the molecule is COc1ccc(Cl)cc1NC(=S)NNC(=O)CSCc1c(F)cccc1Cl. The summed E-state index contributed by atoms with van der Waals surface area (Å²) in [6, 6.07) is 9.49. The highest BCUT2D eigenvalue weighted by molar-refractivity contribution is 7.99. The molecular formula is C17H16Cl2FN3O2S2. The fourth-order valence-electron chi connectivity index (χ4n) is 2.01. The van der Waals surface area contributed by atoms with E-state index in [1.165, 1.54) is 31.0 Å². The standard InChI is InChI=1S/C17H16Cl2FN3O2S2/c1-25-15-6-5-10(18)7-14(15)21-17(26)23-22-16(24)9-27-8-11-12(19)3-2-4-13(11)20/h2-7H,8-9H2,1H3,(H,22,24)(H2,21,23,26). The van der Waals surface area contributed by atoms with Crippen LogP contribution in [0.5, 0.6) is 5.75 Å². The van der Waals surface area contributed by atoms with E-state index in [2.05, 4.69) is 16.2 Å². The normalized spacial score (nSPS) is 10.2. The van der Waals surface area contributed by atoms with Crippen LogP contribution in [0.4, 0.5) is 10.1 Å². The number of hydrogen-bond acceptors (Lipinski definition) is 4. The molecule has 1 amide bonds. The van der Waals surface area contributed by atoms with Crippen molar-refractivity contribution in [2.24, 2.45) is 0 Å². The van der Waals surface area contributed by atoms with Crippen molar-refractivity contribution in [1.29, 1.82) is 0 Å². The summed E-state index contributed by atoms with van der Waals surface area (Å²) in [5, 5.41) is 3.88. The molecule has 2 rings (SSSR count). The predicted octanol–water partition coefficient (Wildman–Crippen LogP) is 4.39. The number of anilines is 1. The molecular weight excluding hydrogens is 432 g/mol. The molecule has 10 heteroatoms. The second-order valence-electron chi connectivity index (χ2n) is 5.16. The van der Waals surface area contributed by atoms with Crippen LogP contribution in [-0.2, 0) is 10.5 Å². The third-order valence-corrected chi connectivity index (χ3v) is 5.02. The topological polar surface area (TPSA) is 62.4 Å². The van der Waals surface area contributed by atoms with E-state index in [9.17, 15) is 9.18 Å². The minimum absolute atomic E-state index is 0.0980. The van der Waals surface area contributed by atoms with Gasteiger partial charge in [-0.3, -0.25) is 15.6 Å². The van der Waals surface area contributed by atoms with E-state index in [0.717, 1.165) is 0 Å². The van der Waals surface area contributed by atoms with Crippen molar-refractivity contribution in [1.82, 2.24) is 10.9 Å². The number of methoxy groups -OCH3 is 1. The van der Waals surface area contributed by atoms with E-state index >= 15 is 0 Å². The zero-order chi connectivity index (χ0) is 19.8. The summed E-state index contributed by atoms with van der Waals surface area (Å²) < 4.78 is 18.9. The maximum atomic E-state index is 13.7. The third-order valence-electron chi connectivity index (χ3n) is 3.27. The Morgan fingerprint density at radius 1 is 1.26 bits per heavy atom. The second-order valence-corrected chi connectivity index (χ2v) is 7.40.